The van der Waals surface area contributed by atoms with Crippen molar-refractivity contribution in [3.63, 3.8) is 0 Å². The quantitative estimate of drug-likeness (QED) is 0.706. The van der Waals surface area contributed by atoms with Crippen LogP contribution in [-0.2, 0) is 20.6 Å². The summed E-state index contributed by atoms with van der Waals surface area (Å²) >= 11 is -0.978. The molecule has 2 rings (SSSR count). The molecule has 0 spiro atoms. The van der Waals surface area contributed by atoms with Crippen molar-refractivity contribution in [2.24, 2.45) is 0 Å². The van der Waals surface area contributed by atoms with Crippen molar-refractivity contribution >= 4 is 11.2 Å². The number of hydrogen-bond acceptors (Lipinski definition) is 3. The van der Waals surface area contributed by atoms with Crippen LogP contribution in [-0.4, -0.2) is 29.8 Å². The Kier molecular flexibility index (Phi) is 3.42. The highest BCUT2D eigenvalue weighted by molar-refractivity contribution is 7.91. The molecule has 0 aliphatic carbocycles. The Balaban J connectivity index is 1.92. The van der Waals surface area contributed by atoms with Gasteiger partial charge in [0.15, 0.2) is 4.90 Å². The molecule has 2 unspecified atom stereocenters. The second kappa shape index (κ2) is 4.79. The van der Waals surface area contributed by atoms with Gasteiger partial charge in [-0.3, -0.25) is 0 Å². The lowest BCUT2D eigenvalue weighted by atomic mass is 10.4. The highest BCUT2D eigenvalue weighted by atomic mass is 32.2. The maximum absolute atomic E-state index is 11.8. The van der Waals surface area contributed by atoms with Gasteiger partial charge in [-0.2, -0.15) is 0 Å². The number of hydrogen-bond donors (Lipinski definition) is 0. The zero-order chi connectivity index (χ0) is 9.80. The van der Waals surface area contributed by atoms with Crippen molar-refractivity contribution in [1.29, 1.82) is 0 Å². The van der Waals surface area contributed by atoms with Crippen LogP contribution in [0, 0.1) is 0 Å². The van der Waals surface area contributed by atoms with Crippen LogP contribution < -0.4 is 0 Å². The number of ether oxygens (including phenoxy) is 2. The van der Waals surface area contributed by atoms with Gasteiger partial charge in [-0.15, -0.1) is 0 Å². The van der Waals surface area contributed by atoms with Crippen molar-refractivity contribution in [2.75, 3.05) is 19.2 Å². The van der Waals surface area contributed by atoms with Gasteiger partial charge in [0.05, 0.1) is 6.61 Å². The third kappa shape index (κ3) is 2.48. The van der Waals surface area contributed by atoms with E-state index in [2.05, 4.69) is 0 Å². The predicted octanol–water partition coefficient (Wildman–Crippen LogP) is 1.17. The zero-order valence-electron chi connectivity index (χ0n) is 7.72. The van der Waals surface area contributed by atoms with E-state index in [1.807, 2.05) is 30.3 Å². The second-order valence-electron chi connectivity index (χ2n) is 3.10. The molecule has 1 saturated heterocycles. The number of rotatable bonds is 3. The molecule has 0 saturated carbocycles. The molecule has 0 aromatic heterocycles. The molecule has 1 aromatic carbocycles. The average molecular weight is 212 g/mol. The molecule has 4 heteroatoms. The first-order valence-electron chi connectivity index (χ1n) is 4.49. The molecule has 14 heavy (non-hydrogen) atoms. The van der Waals surface area contributed by atoms with Gasteiger partial charge in [0.2, 0.25) is 0 Å². The summed E-state index contributed by atoms with van der Waals surface area (Å²) in [6.45, 7) is 0.884. The maximum atomic E-state index is 11.8. The van der Waals surface area contributed by atoms with Gasteiger partial charge in [-0.25, -0.2) is 0 Å². The van der Waals surface area contributed by atoms with Crippen LogP contribution in [0.3, 0.4) is 0 Å². The Bertz CT molecular complexity index is 272. The first-order valence-corrected chi connectivity index (χ1v) is 5.81. The van der Waals surface area contributed by atoms with Crippen molar-refractivity contribution in [3.8, 4) is 0 Å². The largest absolute Gasteiger partial charge is 0.611 e. The van der Waals surface area contributed by atoms with E-state index in [0.29, 0.717) is 19.2 Å². The molecule has 3 nitrogen and oxygen atoms in total. The molecule has 76 valence electrons. The van der Waals surface area contributed by atoms with Crippen LogP contribution in [0.4, 0.5) is 0 Å². The van der Waals surface area contributed by atoms with Gasteiger partial charge < -0.3 is 14.0 Å². The Morgan fingerprint density at radius 1 is 1.36 bits per heavy atom. The van der Waals surface area contributed by atoms with E-state index >= 15 is 0 Å². The Labute approximate surface area is 86.2 Å². The molecule has 1 aliphatic heterocycles. The topological polar surface area (TPSA) is 41.5 Å². The monoisotopic (exact) mass is 212 g/mol. The van der Waals surface area contributed by atoms with Crippen LogP contribution in [0.15, 0.2) is 35.2 Å². The lowest BCUT2D eigenvalue weighted by Crippen LogP contribution is -2.22. The molecule has 1 fully saturated rings. The van der Waals surface area contributed by atoms with Crippen LogP contribution in [0.2, 0.25) is 0 Å². The molecule has 0 N–H and O–H groups in total. The number of benzene rings is 1. The summed E-state index contributed by atoms with van der Waals surface area (Å²) in [5.41, 5.74) is 0. The van der Waals surface area contributed by atoms with E-state index in [4.69, 9.17) is 9.47 Å². The van der Waals surface area contributed by atoms with Crippen LogP contribution in [0.25, 0.3) is 0 Å². The molecule has 2 atom stereocenters. The Morgan fingerprint density at radius 3 is 2.79 bits per heavy atom. The van der Waals surface area contributed by atoms with E-state index in [1.54, 1.807) is 0 Å². The minimum absolute atomic E-state index is 0.0176. The molecule has 1 heterocycles. The minimum atomic E-state index is -0.978. The summed E-state index contributed by atoms with van der Waals surface area (Å²) in [6, 6.07) is 9.42. The standard InChI is InChI=1S/C10H12O3S/c11-14(7-9-6-12-8-13-9)10-4-2-1-3-5-10/h1-5,9H,6-8H2. The van der Waals surface area contributed by atoms with Gasteiger partial charge in [0.25, 0.3) is 0 Å². The van der Waals surface area contributed by atoms with Crippen LogP contribution in [0.1, 0.15) is 0 Å². The van der Waals surface area contributed by atoms with Crippen molar-refractivity contribution in [1.82, 2.24) is 0 Å². The van der Waals surface area contributed by atoms with Gasteiger partial charge in [-0.1, -0.05) is 18.2 Å². The fraction of sp³-hybridized carbons (Fsp3) is 0.400. The van der Waals surface area contributed by atoms with E-state index in [1.165, 1.54) is 0 Å². The Hall–Kier alpha value is -0.550. The van der Waals surface area contributed by atoms with Crippen molar-refractivity contribution in [2.45, 2.75) is 11.0 Å². The summed E-state index contributed by atoms with van der Waals surface area (Å²) in [7, 11) is 0. The highest BCUT2D eigenvalue weighted by Gasteiger charge is 2.23. The predicted molar refractivity (Wildman–Crippen MR) is 53.4 cm³/mol. The molecular weight excluding hydrogens is 200 g/mol. The fourth-order valence-corrected chi connectivity index (χ4v) is 2.49. The average Bonchev–Trinajstić information content (AvgIpc) is 2.72. The lowest BCUT2D eigenvalue weighted by Gasteiger charge is -2.12. The highest BCUT2D eigenvalue weighted by Crippen LogP contribution is 2.14. The van der Waals surface area contributed by atoms with Gasteiger partial charge >= 0.3 is 0 Å². The van der Waals surface area contributed by atoms with E-state index < -0.39 is 11.2 Å². The summed E-state index contributed by atoms with van der Waals surface area (Å²) in [5.74, 6) is 0.518. The third-order valence-electron chi connectivity index (χ3n) is 2.03. The van der Waals surface area contributed by atoms with Gasteiger partial charge in [0, 0.05) is 0 Å². The summed E-state index contributed by atoms with van der Waals surface area (Å²) in [4.78, 5) is 0.850. The molecule has 0 bridgehead atoms. The normalized spacial score (nSPS) is 23.6. The van der Waals surface area contributed by atoms with Crippen LogP contribution in [0.5, 0.6) is 0 Å². The first-order chi connectivity index (χ1) is 6.86. The summed E-state index contributed by atoms with van der Waals surface area (Å²) in [6.07, 6.45) is -0.0176. The van der Waals surface area contributed by atoms with Crippen molar-refractivity contribution < 1.29 is 14.0 Å². The summed E-state index contributed by atoms with van der Waals surface area (Å²) < 4.78 is 22.0. The van der Waals surface area contributed by atoms with E-state index in [0.717, 1.165) is 4.90 Å². The SMILES string of the molecule is [O-][S+](CC1COCO1)c1ccccc1. The zero-order valence-corrected chi connectivity index (χ0v) is 8.53. The molecule has 1 aliphatic rings. The minimum Gasteiger partial charge on any atom is -0.611 e. The fourth-order valence-electron chi connectivity index (χ4n) is 1.31. The lowest BCUT2D eigenvalue weighted by molar-refractivity contribution is 0.0521. The van der Waals surface area contributed by atoms with Crippen molar-refractivity contribution in [3.05, 3.63) is 30.3 Å². The summed E-state index contributed by atoms with van der Waals surface area (Å²) in [5, 5.41) is 0. The van der Waals surface area contributed by atoms with E-state index in [-0.39, 0.29) is 6.10 Å². The molecule has 0 radical (unpaired) electrons. The molecular formula is C10H12O3S. The Morgan fingerprint density at radius 2 is 2.14 bits per heavy atom. The second-order valence-corrected chi connectivity index (χ2v) is 4.60. The molecule has 0 amide bonds. The third-order valence-corrected chi connectivity index (χ3v) is 3.51. The van der Waals surface area contributed by atoms with E-state index in [9.17, 15) is 4.55 Å². The molecule has 1 aromatic rings. The smallest absolute Gasteiger partial charge is 0.152 e. The maximum Gasteiger partial charge on any atom is 0.152 e. The van der Waals surface area contributed by atoms with Gasteiger partial charge in [-0.05, 0) is 23.3 Å². The van der Waals surface area contributed by atoms with Gasteiger partial charge in [0.1, 0.15) is 18.6 Å². The van der Waals surface area contributed by atoms with Crippen LogP contribution >= 0.6 is 0 Å². The first kappa shape index (κ1) is 9.98.